The van der Waals surface area contributed by atoms with Gasteiger partial charge in [-0.25, -0.2) is 9.97 Å². The maximum Gasteiger partial charge on any atom is 0.260 e. The number of fused-ring (bicyclic) bond motifs is 1. The highest BCUT2D eigenvalue weighted by molar-refractivity contribution is 7.99. The van der Waals surface area contributed by atoms with Crippen molar-refractivity contribution >= 4 is 55.7 Å². The van der Waals surface area contributed by atoms with Gasteiger partial charge in [0, 0.05) is 15.8 Å². The van der Waals surface area contributed by atoms with Gasteiger partial charge in [0.2, 0.25) is 5.91 Å². The van der Waals surface area contributed by atoms with Gasteiger partial charge in [0.1, 0.15) is 10.7 Å². The number of thiophene rings is 1. The molecule has 0 fully saturated rings. The zero-order valence-electron chi connectivity index (χ0n) is 15.8. The van der Waals surface area contributed by atoms with Crippen LogP contribution in [0.1, 0.15) is 16.4 Å². The zero-order chi connectivity index (χ0) is 20.4. The van der Waals surface area contributed by atoms with E-state index in [1.54, 1.807) is 0 Å². The van der Waals surface area contributed by atoms with Crippen LogP contribution in [0, 0.1) is 13.8 Å². The summed E-state index contributed by atoms with van der Waals surface area (Å²) in [5.41, 5.74) is 2.67. The summed E-state index contributed by atoms with van der Waals surface area (Å²) >= 11 is 4.32. The first kappa shape index (κ1) is 19.8. The Morgan fingerprint density at radius 1 is 1.21 bits per heavy atom. The molecule has 0 aliphatic carbocycles. The van der Waals surface area contributed by atoms with E-state index in [-0.39, 0.29) is 17.2 Å². The molecule has 0 aliphatic rings. The molecule has 0 atom stereocenters. The number of carbonyl (C=O) groups excluding carboxylic acids is 1. The van der Waals surface area contributed by atoms with Crippen molar-refractivity contribution in [3.05, 3.63) is 62.5 Å². The molecule has 4 aromatic rings. The lowest BCUT2D eigenvalue weighted by molar-refractivity contribution is -0.113. The Kier molecular flexibility index (Phi) is 5.79. The van der Waals surface area contributed by atoms with Gasteiger partial charge in [-0.15, -0.1) is 34.4 Å². The second-order valence-electron chi connectivity index (χ2n) is 6.41. The van der Waals surface area contributed by atoms with E-state index in [1.165, 1.54) is 34.4 Å². The summed E-state index contributed by atoms with van der Waals surface area (Å²) in [6, 6.07) is 9.81. The van der Waals surface area contributed by atoms with Crippen LogP contribution in [-0.2, 0) is 10.5 Å². The van der Waals surface area contributed by atoms with Crippen LogP contribution in [0.4, 0.5) is 5.13 Å². The van der Waals surface area contributed by atoms with Gasteiger partial charge in [0.25, 0.3) is 5.56 Å². The Labute approximate surface area is 179 Å². The second kappa shape index (κ2) is 8.48. The normalized spacial score (nSPS) is 11.1. The first-order chi connectivity index (χ1) is 14.0. The third-order valence-electron chi connectivity index (χ3n) is 4.32. The fourth-order valence-electron chi connectivity index (χ4n) is 2.81. The quantitative estimate of drug-likeness (QED) is 0.456. The average molecular weight is 443 g/mol. The summed E-state index contributed by atoms with van der Waals surface area (Å²) in [4.78, 5) is 38.3. The van der Waals surface area contributed by atoms with Gasteiger partial charge < -0.3 is 10.3 Å². The fourth-order valence-corrected chi connectivity index (χ4v) is 5.30. The predicted molar refractivity (Wildman–Crippen MR) is 122 cm³/mol. The van der Waals surface area contributed by atoms with Crippen molar-refractivity contribution in [1.82, 2.24) is 15.0 Å². The number of aryl methyl sites for hydroxylation is 2. The third kappa shape index (κ3) is 4.42. The first-order valence-corrected chi connectivity index (χ1v) is 11.7. The summed E-state index contributed by atoms with van der Waals surface area (Å²) in [6.07, 6.45) is 0. The lowest BCUT2D eigenvalue weighted by Gasteiger charge is -2.03. The molecule has 0 radical (unpaired) electrons. The number of thioether (sulfide) groups is 1. The van der Waals surface area contributed by atoms with E-state index in [0.717, 1.165) is 21.7 Å². The van der Waals surface area contributed by atoms with E-state index in [9.17, 15) is 9.59 Å². The molecular weight excluding hydrogens is 424 g/mol. The van der Waals surface area contributed by atoms with E-state index in [2.05, 4.69) is 20.3 Å². The van der Waals surface area contributed by atoms with Crippen LogP contribution >= 0.6 is 34.4 Å². The molecule has 9 heteroatoms. The second-order valence-corrected chi connectivity index (χ2v) is 9.46. The number of aromatic amines is 1. The minimum Gasteiger partial charge on any atom is -0.309 e. The molecule has 29 heavy (non-hydrogen) atoms. The Bertz CT molecular complexity index is 1210. The molecule has 1 aromatic carbocycles. The standard InChI is InChI=1S/C20H18N4O2S3/c1-11-12(2)29-20(21-11)24-16(25)10-27-9-15-22-18(26)17-14(8-28-19(17)23-15)13-6-4-3-5-7-13/h3-8H,9-10H2,1-2H3,(H,21,24,25)(H,22,23,26). The molecule has 0 saturated carbocycles. The number of hydrogen-bond donors (Lipinski definition) is 2. The zero-order valence-corrected chi connectivity index (χ0v) is 18.3. The number of rotatable bonds is 6. The molecule has 0 unspecified atom stereocenters. The summed E-state index contributed by atoms with van der Waals surface area (Å²) in [5, 5.41) is 6.00. The molecule has 3 heterocycles. The number of nitrogens with one attached hydrogen (secondary N) is 2. The number of nitrogens with zero attached hydrogens (tertiary/aromatic N) is 2. The van der Waals surface area contributed by atoms with E-state index < -0.39 is 0 Å². The minimum atomic E-state index is -0.149. The van der Waals surface area contributed by atoms with Gasteiger partial charge in [0.05, 0.1) is 22.6 Å². The van der Waals surface area contributed by atoms with Crippen molar-refractivity contribution in [1.29, 1.82) is 0 Å². The Morgan fingerprint density at radius 2 is 2.00 bits per heavy atom. The molecular formula is C20H18N4O2S3. The molecule has 6 nitrogen and oxygen atoms in total. The highest BCUT2D eigenvalue weighted by Crippen LogP contribution is 2.30. The number of benzene rings is 1. The molecule has 1 amide bonds. The Balaban J connectivity index is 1.42. The molecule has 0 aliphatic heterocycles. The average Bonchev–Trinajstić information content (AvgIpc) is 3.26. The van der Waals surface area contributed by atoms with Crippen molar-refractivity contribution < 1.29 is 4.79 Å². The summed E-state index contributed by atoms with van der Waals surface area (Å²) in [7, 11) is 0. The predicted octanol–water partition coefficient (Wildman–Crippen LogP) is 4.60. The van der Waals surface area contributed by atoms with Gasteiger partial charge in [-0.2, -0.15) is 0 Å². The number of aromatic nitrogens is 3. The van der Waals surface area contributed by atoms with Gasteiger partial charge in [-0.05, 0) is 19.4 Å². The topological polar surface area (TPSA) is 87.7 Å². The number of thiazole rings is 1. The van der Waals surface area contributed by atoms with Crippen LogP contribution in [-0.4, -0.2) is 26.6 Å². The van der Waals surface area contributed by atoms with Crippen molar-refractivity contribution in [3.63, 3.8) is 0 Å². The lowest BCUT2D eigenvalue weighted by atomic mass is 10.1. The maximum atomic E-state index is 12.6. The molecule has 148 valence electrons. The molecule has 2 N–H and O–H groups in total. The number of hydrogen-bond acceptors (Lipinski definition) is 7. The van der Waals surface area contributed by atoms with Crippen LogP contribution in [0.25, 0.3) is 21.3 Å². The smallest absolute Gasteiger partial charge is 0.260 e. The molecule has 0 spiro atoms. The van der Waals surface area contributed by atoms with Gasteiger partial charge >= 0.3 is 0 Å². The van der Waals surface area contributed by atoms with Crippen LogP contribution in [0.3, 0.4) is 0 Å². The highest BCUT2D eigenvalue weighted by atomic mass is 32.2. The number of H-pyrrole nitrogens is 1. The van der Waals surface area contributed by atoms with Gasteiger partial charge in [-0.1, -0.05) is 30.3 Å². The summed E-state index contributed by atoms with van der Waals surface area (Å²) in [5.74, 6) is 1.17. The Morgan fingerprint density at radius 3 is 2.72 bits per heavy atom. The Hall–Kier alpha value is -2.49. The monoisotopic (exact) mass is 442 g/mol. The van der Waals surface area contributed by atoms with Gasteiger partial charge in [0.15, 0.2) is 5.13 Å². The van der Waals surface area contributed by atoms with Crippen molar-refractivity contribution in [3.8, 4) is 11.1 Å². The molecule has 0 saturated heterocycles. The highest BCUT2D eigenvalue weighted by Gasteiger charge is 2.13. The van der Waals surface area contributed by atoms with E-state index in [4.69, 9.17) is 0 Å². The van der Waals surface area contributed by atoms with Crippen LogP contribution in [0.5, 0.6) is 0 Å². The lowest BCUT2D eigenvalue weighted by Crippen LogP contribution is -2.15. The van der Waals surface area contributed by atoms with E-state index in [1.807, 2.05) is 49.6 Å². The largest absolute Gasteiger partial charge is 0.309 e. The minimum absolute atomic E-state index is 0.116. The van der Waals surface area contributed by atoms with Crippen LogP contribution in [0.15, 0.2) is 40.5 Å². The van der Waals surface area contributed by atoms with Gasteiger partial charge in [-0.3, -0.25) is 9.59 Å². The summed E-state index contributed by atoms with van der Waals surface area (Å²) < 4.78 is 0. The van der Waals surface area contributed by atoms with E-state index in [0.29, 0.717) is 26.9 Å². The SMILES string of the molecule is Cc1nc(NC(=O)CSCc2nc3scc(-c4ccccc4)c3c(=O)[nH]2)sc1C. The number of amides is 1. The van der Waals surface area contributed by atoms with Crippen LogP contribution in [0.2, 0.25) is 0 Å². The number of anilines is 1. The van der Waals surface area contributed by atoms with E-state index >= 15 is 0 Å². The van der Waals surface area contributed by atoms with Crippen molar-refractivity contribution in [2.24, 2.45) is 0 Å². The molecule has 3 aromatic heterocycles. The first-order valence-electron chi connectivity index (χ1n) is 8.88. The molecule has 4 rings (SSSR count). The third-order valence-corrected chi connectivity index (χ3v) is 7.13. The maximum absolute atomic E-state index is 12.6. The molecule has 0 bridgehead atoms. The van der Waals surface area contributed by atoms with Crippen molar-refractivity contribution in [2.45, 2.75) is 19.6 Å². The van der Waals surface area contributed by atoms with Crippen LogP contribution < -0.4 is 10.9 Å². The number of carbonyl (C=O) groups is 1. The van der Waals surface area contributed by atoms with Crippen molar-refractivity contribution in [2.75, 3.05) is 11.1 Å². The fraction of sp³-hybridized carbons (Fsp3) is 0.200. The summed E-state index contributed by atoms with van der Waals surface area (Å²) in [6.45, 7) is 3.89.